The van der Waals surface area contributed by atoms with Crippen molar-refractivity contribution in [3.8, 4) is 0 Å². The molecule has 0 radical (unpaired) electrons. The number of carbonyl (C=O) groups excluding carboxylic acids is 3. The number of nitrogens with one attached hydrogen (secondary N) is 1. The molecular weight excluding hydrogens is 300 g/mol. The van der Waals surface area contributed by atoms with Crippen LogP contribution >= 0.6 is 0 Å². The molecule has 0 aliphatic carbocycles. The van der Waals surface area contributed by atoms with E-state index in [0.29, 0.717) is 19.4 Å². The van der Waals surface area contributed by atoms with Crippen molar-refractivity contribution < 1.29 is 23.9 Å². The van der Waals surface area contributed by atoms with E-state index in [1.807, 2.05) is 13.8 Å². The van der Waals surface area contributed by atoms with Crippen LogP contribution in [0.3, 0.4) is 0 Å². The summed E-state index contributed by atoms with van der Waals surface area (Å²) >= 11 is 0. The van der Waals surface area contributed by atoms with E-state index in [0.717, 1.165) is 0 Å². The van der Waals surface area contributed by atoms with Crippen molar-refractivity contribution in [1.82, 2.24) is 10.2 Å². The van der Waals surface area contributed by atoms with Crippen LogP contribution in [-0.4, -0.2) is 54.2 Å². The number of alkyl carbamates (subject to hydrolysis) is 1. The van der Waals surface area contributed by atoms with Crippen molar-refractivity contribution in [2.45, 2.75) is 65.1 Å². The van der Waals surface area contributed by atoms with Gasteiger partial charge in [-0.1, -0.05) is 13.8 Å². The van der Waals surface area contributed by atoms with Gasteiger partial charge in [-0.05, 0) is 39.5 Å². The summed E-state index contributed by atoms with van der Waals surface area (Å²) in [5.41, 5.74) is -0.627. The van der Waals surface area contributed by atoms with Gasteiger partial charge in [-0.3, -0.25) is 4.79 Å². The maximum absolute atomic E-state index is 12.5. The third kappa shape index (κ3) is 5.73. The fraction of sp³-hybridized carbons (Fsp3) is 0.812. The Kier molecular flexibility index (Phi) is 6.41. The first kappa shape index (κ1) is 19.3. The van der Waals surface area contributed by atoms with E-state index in [-0.39, 0.29) is 11.8 Å². The molecule has 1 heterocycles. The summed E-state index contributed by atoms with van der Waals surface area (Å²) in [6, 6.07) is -1.28. The van der Waals surface area contributed by atoms with Crippen molar-refractivity contribution in [3.63, 3.8) is 0 Å². The number of amides is 2. The minimum absolute atomic E-state index is 0.241. The van der Waals surface area contributed by atoms with Gasteiger partial charge in [0.05, 0.1) is 7.11 Å². The molecule has 132 valence electrons. The monoisotopic (exact) mass is 328 g/mol. The lowest BCUT2D eigenvalue weighted by molar-refractivity contribution is -0.152. The highest BCUT2D eigenvalue weighted by molar-refractivity contribution is 5.91. The first-order chi connectivity index (χ1) is 10.5. The molecule has 0 aromatic carbocycles. The molecule has 1 rings (SSSR count). The Hall–Kier alpha value is -1.79. The van der Waals surface area contributed by atoms with Gasteiger partial charge in [-0.15, -0.1) is 0 Å². The van der Waals surface area contributed by atoms with Gasteiger partial charge in [0.2, 0.25) is 5.91 Å². The molecule has 7 heteroatoms. The third-order valence-corrected chi connectivity index (χ3v) is 3.47. The Labute approximate surface area is 137 Å². The quantitative estimate of drug-likeness (QED) is 0.777. The highest BCUT2D eigenvalue weighted by Gasteiger charge is 2.40. The lowest BCUT2D eigenvalue weighted by Crippen LogP contribution is -2.48. The van der Waals surface area contributed by atoms with Gasteiger partial charge in [0, 0.05) is 6.54 Å². The molecule has 0 saturated carbocycles. The van der Waals surface area contributed by atoms with Crippen LogP contribution in [0.25, 0.3) is 0 Å². The van der Waals surface area contributed by atoms with Crippen LogP contribution in [0.5, 0.6) is 0 Å². The molecule has 0 spiro atoms. The molecule has 0 aromatic rings. The van der Waals surface area contributed by atoms with E-state index < -0.39 is 29.7 Å². The number of hydrogen-bond donors (Lipinski definition) is 1. The molecule has 0 bridgehead atoms. The Bertz CT molecular complexity index is 456. The molecule has 1 fully saturated rings. The Morgan fingerprint density at radius 2 is 1.96 bits per heavy atom. The van der Waals surface area contributed by atoms with Gasteiger partial charge < -0.3 is 19.7 Å². The van der Waals surface area contributed by atoms with Crippen LogP contribution < -0.4 is 5.32 Å². The number of ether oxygens (including phenoxy) is 2. The first-order valence-electron chi connectivity index (χ1n) is 7.93. The van der Waals surface area contributed by atoms with Crippen molar-refractivity contribution in [3.05, 3.63) is 0 Å². The van der Waals surface area contributed by atoms with Crippen molar-refractivity contribution in [1.29, 1.82) is 0 Å². The highest BCUT2D eigenvalue weighted by atomic mass is 16.6. The zero-order chi connectivity index (χ0) is 17.8. The standard InChI is InChI=1S/C16H28N2O5/c1-10(2)9-12(14(20)22-6)18-8-7-11(13(18)19)17-15(21)23-16(3,4)5/h10-12H,7-9H2,1-6H3,(H,17,21). The molecule has 1 aliphatic heterocycles. The van der Waals surface area contributed by atoms with E-state index in [1.165, 1.54) is 12.0 Å². The second-order valence-electron chi connectivity index (χ2n) is 7.19. The SMILES string of the molecule is COC(=O)C(CC(C)C)N1CCC(NC(=O)OC(C)(C)C)C1=O. The van der Waals surface area contributed by atoms with Gasteiger partial charge in [0.25, 0.3) is 0 Å². The van der Waals surface area contributed by atoms with Crippen LogP contribution in [0.1, 0.15) is 47.5 Å². The highest BCUT2D eigenvalue weighted by Crippen LogP contribution is 2.21. The largest absolute Gasteiger partial charge is 0.467 e. The number of carbonyl (C=O) groups is 3. The zero-order valence-electron chi connectivity index (χ0n) is 14.8. The lowest BCUT2D eigenvalue weighted by atomic mass is 10.0. The predicted molar refractivity (Wildman–Crippen MR) is 84.7 cm³/mol. The van der Waals surface area contributed by atoms with Crippen molar-refractivity contribution in [2.24, 2.45) is 5.92 Å². The topological polar surface area (TPSA) is 84.9 Å². The molecule has 7 nitrogen and oxygen atoms in total. The van der Waals surface area contributed by atoms with Crippen LogP contribution in [0.4, 0.5) is 4.79 Å². The molecule has 1 saturated heterocycles. The van der Waals surface area contributed by atoms with Crippen LogP contribution in [-0.2, 0) is 19.1 Å². The maximum Gasteiger partial charge on any atom is 0.408 e. The molecule has 1 N–H and O–H groups in total. The molecule has 23 heavy (non-hydrogen) atoms. The van der Waals surface area contributed by atoms with E-state index in [4.69, 9.17) is 9.47 Å². The van der Waals surface area contributed by atoms with Crippen LogP contribution in [0.15, 0.2) is 0 Å². The summed E-state index contributed by atoms with van der Waals surface area (Å²) in [7, 11) is 1.31. The smallest absolute Gasteiger partial charge is 0.408 e. The Morgan fingerprint density at radius 1 is 1.35 bits per heavy atom. The second kappa shape index (κ2) is 7.66. The van der Waals surface area contributed by atoms with Crippen molar-refractivity contribution in [2.75, 3.05) is 13.7 Å². The van der Waals surface area contributed by atoms with Gasteiger partial charge in [0.1, 0.15) is 17.7 Å². The number of rotatable bonds is 5. The molecular formula is C16H28N2O5. The maximum atomic E-state index is 12.5. The number of methoxy groups -OCH3 is 1. The fourth-order valence-corrected chi connectivity index (χ4v) is 2.53. The summed E-state index contributed by atoms with van der Waals surface area (Å²) in [6.07, 6.45) is 0.345. The minimum Gasteiger partial charge on any atom is -0.467 e. The van der Waals surface area contributed by atoms with Crippen LogP contribution in [0, 0.1) is 5.92 Å². The minimum atomic E-state index is -0.663. The number of esters is 1. The average Bonchev–Trinajstić information content (AvgIpc) is 2.74. The Morgan fingerprint density at radius 3 is 2.43 bits per heavy atom. The van der Waals surface area contributed by atoms with Gasteiger partial charge >= 0.3 is 12.1 Å². The Balaban J connectivity index is 2.73. The fourth-order valence-electron chi connectivity index (χ4n) is 2.53. The number of likely N-dealkylation sites (tertiary alicyclic amines) is 1. The molecule has 2 atom stereocenters. The van der Waals surface area contributed by atoms with E-state index in [2.05, 4.69) is 5.32 Å². The van der Waals surface area contributed by atoms with Crippen LogP contribution in [0.2, 0.25) is 0 Å². The molecule has 2 unspecified atom stereocenters. The lowest BCUT2D eigenvalue weighted by Gasteiger charge is -2.27. The summed E-state index contributed by atoms with van der Waals surface area (Å²) in [6.45, 7) is 9.63. The van der Waals surface area contributed by atoms with Crippen molar-refractivity contribution >= 4 is 18.0 Å². The predicted octanol–water partition coefficient (Wildman–Crippen LogP) is 1.70. The average molecular weight is 328 g/mol. The number of hydrogen-bond acceptors (Lipinski definition) is 5. The second-order valence-corrected chi connectivity index (χ2v) is 7.19. The summed E-state index contributed by atoms with van der Waals surface area (Å²) in [4.78, 5) is 37.8. The summed E-state index contributed by atoms with van der Waals surface area (Å²) in [5, 5.41) is 2.58. The van der Waals surface area contributed by atoms with E-state index in [1.54, 1.807) is 20.8 Å². The molecule has 2 amide bonds. The molecule has 1 aliphatic rings. The summed E-state index contributed by atoms with van der Waals surface area (Å²) < 4.78 is 9.98. The van der Waals surface area contributed by atoms with E-state index >= 15 is 0 Å². The normalized spacial score (nSPS) is 19.7. The van der Waals surface area contributed by atoms with Gasteiger partial charge in [-0.25, -0.2) is 9.59 Å². The third-order valence-electron chi connectivity index (χ3n) is 3.47. The molecule has 0 aromatic heterocycles. The first-order valence-corrected chi connectivity index (χ1v) is 7.93. The number of nitrogens with zero attached hydrogens (tertiary/aromatic N) is 1. The zero-order valence-corrected chi connectivity index (χ0v) is 14.8. The summed E-state index contributed by atoms with van der Waals surface area (Å²) in [5.74, 6) is -0.457. The van der Waals surface area contributed by atoms with Gasteiger partial charge in [0.15, 0.2) is 0 Å². The van der Waals surface area contributed by atoms with Gasteiger partial charge in [-0.2, -0.15) is 0 Å². The van der Waals surface area contributed by atoms with E-state index in [9.17, 15) is 14.4 Å².